The molecule has 0 aliphatic heterocycles. The maximum atomic E-state index is 6.00. The largest absolute Gasteiger partial charge is 0.414 e. The minimum absolute atomic E-state index is 0.187. The summed E-state index contributed by atoms with van der Waals surface area (Å²) in [6, 6.07) is 3.91. The molecule has 1 aromatic carbocycles. The summed E-state index contributed by atoms with van der Waals surface area (Å²) in [5.74, 6) is 0.578. The second-order valence-electron chi connectivity index (χ2n) is 4.46. The van der Waals surface area contributed by atoms with Gasteiger partial charge in [-0.2, -0.15) is 9.71 Å². The Balaban J connectivity index is 2.34. The zero-order chi connectivity index (χ0) is 14.3. The molecule has 104 valence electrons. The maximum Gasteiger partial charge on any atom is 0.222 e. The number of nitrogens with two attached hydrogens (primary N) is 2. The molecule has 0 saturated heterocycles. The fraction of sp³-hybridized carbons (Fsp3) is 0.231. The molecule has 3 rings (SSSR count). The van der Waals surface area contributed by atoms with Gasteiger partial charge in [0.05, 0.1) is 10.9 Å². The van der Waals surface area contributed by atoms with E-state index in [0.717, 1.165) is 31.8 Å². The first-order valence-corrected chi connectivity index (χ1v) is 7.35. The molecule has 0 atom stereocenters. The average Bonchev–Trinajstić information content (AvgIpc) is 2.79. The molecule has 0 saturated carbocycles. The zero-order valence-corrected chi connectivity index (χ0v) is 13.1. The van der Waals surface area contributed by atoms with Crippen LogP contribution in [0.2, 0.25) is 0 Å². The van der Waals surface area contributed by atoms with E-state index in [1.807, 2.05) is 18.3 Å². The van der Waals surface area contributed by atoms with E-state index in [1.165, 1.54) is 0 Å². The average molecular weight is 383 g/mol. The third-order valence-electron chi connectivity index (χ3n) is 3.03. The van der Waals surface area contributed by atoms with Gasteiger partial charge in [-0.25, -0.2) is 4.98 Å². The van der Waals surface area contributed by atoms with E-state index in [0.29, 0.717) is 12.4 Å². The van der Waals surface area contributed by atoms with Gasteiger partial charge in [-0.15, -0.1) is 0 Å². The Morgan fingerprint density at radius 1 is 1.35 bits per heavy atom. The van der Waals surface area contributed by atoms with Gasteiger partial charge in [-0.1, -0.05) is 6.92 Å². The van der Waals surface area contributed by atoms with Crippen molar-refractivity contribution in [3.8, 4) is 0 Å². The molecule has 7 heteroatoms. The Bertz CT molecular complexity index is 798. The van der Waals surface area contributed by atoms with Gasteiger partial charge in [0.15, 0.2) is 0 Å². The van der Waals surface area contributed by atoms with Crippen LogP contribution in [0.25, 0.3) is 21.8 Å². The number of rotatable bonds is 3. The quantitative estimate of drug-likeness (QED) is 0.677. The third-order valence-corrected chi connectivity index (χ3v) is 3.85. The van der Waals surface area contributed by atoms with E-state index in [4.69, 9.17) is 16.3 Å². The maximum absolute atomic E-state index is 6.00. The number of benzene rings is 1. The molecule has 0 aliphatic rings. The lowest BCUT2D eigenvalue weighted by atomic mass is 10.1. The molecule has 0 unspecified atom stereocenters. The molecule has 0 spiro atoms. The lowest BCUT2D eigenvalue weighted by Gasteiger charge is -2.10. The van der Waals surface area contributed by atoms with Crippen LogP contribution in [0.1, 0.15) is 13.3 Å². The molecule has 2 heterocycles. The number of aromatic nitrogens is 3. The van der Waals surface area contributed by atoms with Crippen LogP contribution in [0.15, 0.2) is 18.3 Å². The van der Waals surface area contributed by atoms with Crippen LogP contribution in [0.4, 0.5) is 11.8 Å². The van der Waals surface area contributed by atoms with Crippen molar-refractivity contribution in [3.63, 3.8) is 0 Å². The van der Waals surface area contributed by atoms with Crippen molar-refractivity contribution in [2.24, 2.45) is 0 Å². The number of nitrogen functional groups attached to an aromatic ring is 2. The SMILES string of the molecule is CCCOn1ccc2c3c(N)nc(N)nc3cc(I)c21. The van der Waals surface area contributed by atoms with Crippen molar-refractivity contribution in [3.05, 3.63) is 21.9 Å². The van der Waals surface area contributed by atoms with E-state index in [-0.39, 0.29) is 5.95 Å². The Kier molecular flexibility index (Phi) is 3.28. The summed E-state index contributed by atoms with van der Waals surface area (Å²) in [6.07, 6.45) is 2.84. The van der Waals surface area contributed by atoms with Crippen LogP contribution in [-0.2, 0) is 0 Å². The Labute approximate surface area is 129 Å². The van der Waals surface area contributed by atoms with Crippen LogP contribution >= 0.6 is 22.6 Å². The Morgan fingerprint density at radius 3 is 2.90 bits per heavy atom. The highest BCUT2D eigenvalue weighted by molar-refractivity contribution is 14.1. The Hall–Kier alpha value is -1.77. The fourth-order valence-electron chi connectivity index (χ4n) is 2.23. The molecule has 6 nitrogen and oxygen atoms in total. The summed E-state index contributed by atoms with van der Waals surface area (Å²) in [7, 11) is 0. The van der Waals surface area contributed by atoms with Gasteiger partial charge < -0.3 is 16.3 Å². The van der Waals surface area contributed by atoms with Gasteiger partial charge in [0.25, 0.3) is 0 Å². The first-order valence-electron chi connectivity index (χ1n) is 6.27. The summed E-state index contributed by atoms with van der Waals surface area (Å²) >= 11 is 2.26. The van der Waals surface area contributed by atoms with Crippen molar-refractivity contribution >= 4 is 56.2 Å². The second kappa shape index (κ2) is 4.97. The van der Waals surface area contributed by atoms with Crippen LogP contribution < -0.4 is 16.3 Å². The zero-order valence-electron chi connectivity index (χ0n) is 10.9. The van der Waals surface area contributed by atoms with E-state index < -0.39 is 0 Å². The molecule has 20 heavy (non-hydrogen) atoms. The number of nitrogens with zero attached hydrogens (tertiary/aromatic N) is 3. The highest BCUT2D eigenvalue weighted by atomic mass is 127. The topological polar surface area (TPSA) is 92.0 Å². The number of hydrogen-bond acceptors (Lipinski definition) is 5. The lowest BCUT2D eigenvalue weighted by Crippen LogP contribution is -2.11. The van der Waals surface area contributed by atoms with Crippen LogP contribution in [0.3, 0.4) is 0 Å². The number of halogens is 1. The molecule has 0 amide bonds. The lowest BCUT2D eigenvalue weighted by molar-refractivity contribution is 0.120. The molecule has 0 fully saturated rings. The standard InChI is InChI=1S/C13H14IN5O/c1-2-5-20-19-4-3-7-10-9(6-8(14)11(7)19)17-13(16)18-12(10)15/h3-4,6H,2,5H2,1H3,(H4,15,16,17,18). The molecular formula is C13H14IN5O. The first-order chi connectivity index (χ1) is 9.61. The predicted octanol–water partition coefficient (Wildman–Crippen LogP) is 2.19. The molecule has 3 aromatic rings. The first kappa shape index (κ1) is 13.2. The highest BCUT2D eigenvalue weighted by Crippen LogP contribution is 2.32. The minimum atomic E-state index is 0.187. The van der Waals surface area contributed by atoms with Gasteiger partial charge in [-0.3, -0.25) is 0 Å². The van der Waals surface area contributed by atoms with Crippen molar-refractivity contribution in [1.82, 2.24) is 14.7 Å². The molecule has 2 aromatic heterocycles. The van der Waals surface area contributed by atoms with Gasteiger partial charge in [0, 0.05) is 15.2 Å². The Morgan fingerprint density at radius 2 is 2.15 bits per heavy atom. The van der Waals surface area contributed by atoms with E-state index in [9.17, 15) is 0 Å². The van der Waals surface area contributed by atoms with E-state index in [2.05, 4.69) is 39.5 Å². The van der Waals surface area contributed by atoms with E-state index >= 15 is 0 Å². The van der Waals surface area contributed by atoms with Gasteiger partial charge in [0.1, 0.15) is 17.9 Å². The molecular weight excluding hydrogens is 369 g/mol. The summed E-state index contributed by atoms with van der Waals surface area (Å²) < 4.78 is 2.80. The van der Waals surface area contributed by atoms with Crippen molar-refractivity contribution in [1.29, 1.82) is 0 Å². The monoisotopic (exact) mass is 383 g/mol. The molecule has 0 aliphatic carbocycles. The van der Waals surface area contributed by atoms with Crippen LogP contribution in [0, 0.1) is 3.57 Å². The summed E-state index contributed by atoms with van der Waals surface area (Å²) in [5, 5.41) is 1.79. The minimum Gasteiger partial charge on any atom is -0.414 e. The molecule has 4 N–H and O–H groups in total. The molecule has 0 radical (unpaired) electrons. The highest BCUT2D eigenvalue weighted by Gasteiger charge is 2.14. The molecule has 0 bridgehead atoms. The van der Waals surface area contributed by atoms with Crippen LogP contribution in [-0.4, -0.2) is 21.3 Å². The fourth-order valence-corrected chi connectivity index (χ4v) is 3.05. The summed E-state index contributed by atoms with van der Waals surface area (Å²) in [4.78, 5) is 14.0. The van der Waals surface area contributed by atoms with E-state index in [1.54, 1.807) is 4.73 Å². The van der Waals surface area contributed by atoms with Crippen molar-refractivity contribution < 1.29 is 4.84 Å². The van der Waals surface area contributed by atoms with Gasteiger partial charge in [-0.05, 0) is 41.1 Å². The summed E-state index contributed by atoms with van der Waals surface area (Å²) in [6.45, 7) is 2.73. The van der Waals surface area contributed by atoms with Crippen molar-refractivity contribution in [2.75, 3.05) is 18.1 Å². The second-order valence-corrected chi connectivity index (χ2v) is 5.62. The smallest absolute Gasteiger partial charge is 0.222 e. The van der Waals surface area contributed by atoms with Gasteiger partial charge in [0.2, 0.25) is 5.95 Å². The van der Waals surface area contributed by atoms with Crippen molar-refractivity contribution in [2.45, 2.75) is 13.3 Å². The number of hydrogen-bond donors (Lipinski definition) is 2. The van der Waals surface area contributed by atoms with Crippen LogP contribution in [0.5, 0.6) is 0 Å². The number of fused-ring (bicyclic) bond motifs is 3. The predicted molar refractivity (Wildman–Crippen MR) is 88.3 cm³/mol. The summed E-state index contributed by atoms with van der Waals surface area (Å²) in [5.41, 5.74) is 13.4. The normalized spacial score (nSPS) is 11.3. The third kappa shape index (κ3) is 2.01. The number of anilines is 2. The van der Waals surface area contributed by atoms with Gasteiger partial charge >= 0.3 is 0 Å².